The first-order valence-electron chi connectivity index (χ1n) is 4.67. The van der Waals surface area contributed by atoms with Gasteiger partial charge in [0, 0.05) is 17.1 Å². The number of ether oxygens (including phenoxy) is 1. The van der Waals surface area contributed by atoms with Crippen LogP contribution >= 0.6 is 23.2 Å². The topological polar surface area (TPSA) is 41.5 Å². The molecule has 1 fully saturated rings. The summed E-state index contributed by atoms with van der Waals surface area (Å²) in [5.41, 5.74) is 0.653. The van der Waals surface area contributed by atoms with Crippen LogP contribution < -0.4 is 5.32 Å². The summed E-state index contributed by atoms with van der Waals surface area (Å²) >= 11 is 11.8. The van der Waals surface area contributed by atoms with Crippen molar-refractivity contribution in [2.24, 2.45) is 0 Å². The van der Waals surface area contributed by atoms with E-state index in [9.17, 15) is 5.11 Å². The van der Waals surface area contributed by atoms with E-state index in [1.54, 1.807) is 6.07 Å². The molecule has 0 unspecified atom stereocenters. The quantitative estimate of drug-likeness (QED) is 0.801. The summed E-state index contributed by atoms with van der Waals surface area (Å²) in [6.45, 7) is 1.94. The van der Waals surface area contributed by atoms with Crippen molar-refractivity contribution in [2.75, 3.05) is 19.8 Å². The summed E-state index contributed by atoms with van der Waals surface area (Å²) in [5.74, 6) is 0.107. The van der Waals surface area contributed by atoms with E-state index in [1.807, 2.05) is 0 Å². The molecule has 5 heteroatoms. The Morgan fingerprint density at radius 2 is 2.20 bits per heavy atom. The van der Waals surface area contributed by atoms with Crippen LogP contribution in [0.4, 0.5) is 0 Å². The number of morpholine rings is 1. The van der Waals surface area contributed by atoms with Gasteiger partial charge in [-0.15, -0.1) is 0 Å². The van der Waals surface area contributed by atoms with Gasteiger partial charge in [-0.3, -0.25) is 0 Å². The molecular formula is C10H11Cl2NO2. The molecule has 2 rings (SSSR count). The Labute approximate surface area is 97.9 Å². The van der Waals surface area contributed by atoms with Gasteiger partial charge in [0.2, 0.25) is 0 Å². The number of aromatic hydroxyl groups is 1. The van der Waals surface area contributed by atoms with Crippen LogP contribution in [0.2, 0.25) is 10.0 Å². The van der Waals surface area contributed by atoms with Gasteiger partial charge in [-0.25, -0.2) is 0 Å². The third-order valence-corrected chi connectivity index (χ3v) is 2.87. The average Bonchev–Trinajstić information content (AvgIpc) is 2.17. The smallest absolute Gasteiger partial charge is 0.123 e. The van der Waals surface area contributed by atoms with Crippen LogP contribution in [0.15, 0.2) is 12.1 Å². The van der Waals surface area contributed by atoms with E-state index >= 15 is 0 Å². The Balaban J connectivity index is 2.33. The zero-order valence-corrected chi connectivity index (χ0v) is 9.48. The minimum atomic E-state index is -0.0662. The van der Waals surface area contributed by atoms with E-state index in [2.05, 4.69) is 5.32 Å². The van der Waals surface area contributed by atoms with E-state index in [0.717, 1.165) is 6.54 Å². The Kier molecular flexibility index (Phi) is 3.36. The van der Waals surface area contributed by atoms with Crippen LogP contribution in [-0.2, 0) is 4.74 Å². The Hall–Kier alpha value is -0.480. The van der Waals surface area contributed by atoms with Crippen LogP contribution in [0.1, 0.15) is 11.6 Å². The summed E-state index contributed by atoms with van der Waals surface area (Å²) in [6, 6.07) is 3.04. The molecule has 82 valence electrons. The average molecular weight is 248 g/mol. The molecule has 15 heavy (non-hydrogen) atoms. The number of phenolic OH excluding ortho intramolecular Hbond substituents is 1. The highest BCUT2D eigenvalue weighted by atomic mass is 35.5. The fraction of sp³-hybridized carbons (Fsp3) is 0.400. The van der Waals surface area contributed by atoms with Crippen molar-refractivity contribution in [3.05, 3.63) is 27.7 Å². The Morgan fingerprint density at radius 3 is 2.80 bits per heavy atom. The molecule has 1 aliphatic heterocycles. The van der Waals surface area contributed by atoms with Gasteiger partial charge in [0.15, 0.2) is 0 Å². The summed E-state index contributed by atoms with van der Waals surface area (Å²) in [6.07, 6.45) is 0. The lowest BCUT2D eigenvalue weighted by atomic mass is 10.1. The molecule has 1 saturated heterocycles. The van der Waals surface area contributed by atoms with Crippen molar-refractivity contribution in [3.8, 4) is 5.75 Å². The van der Waals surface area contributed by atoms with Gasteiger partial charge in [0.1, 0.15) is 5.75 Å². The predicted molar refractivity (Wildman–Crippen MR) is 59.7 cm³/mol. The zero-order chi connectivity index (χ0) is 10.8. The fourth-order valence-electron chi connectivity index (χ4n) is 1.67. The van der Waals surface area contributed by atoms with Crippen LogP contribution in [0.5, 0.6) is 5.75 Å². The van der Waals surface area contributed by atoms with E-state index in [4.69, 9.17) is 27.9 Å². The molecule has 0 radical (unpaired) electrons. The van der Waals surface area contributed by atoms with Crippen LogP contribution in [-0.4, -0.2) is 24.9 Å². The first kappa shape index (κ1) is 11.0. The lowest BCUT2D eigenvalue weighted by Gasteiger charge is -2.25. The number of rotatable bonds is 1. The van der Waals surface area contributed by atoms with E-state index in [1.165, 1.54) is 6.07 Å². The van der Waals surface area contributed by atoms with E-state index in [0.29, 0.717) is 28.8 Å². The first-order valence-corrected chi connectivity index (χ1v) is 5.43. The second-order valence-corrected chi connectivity index (χ2v) is 4.25. The number of halogens is 2. The van der Waals surface area contributed by atoms with E-state index in [-0.39, 0.29) is 11.8 Å². The van der Waals surface area contributed by atoms with E-state index < -0.39 is 0 Å². The number of hydrogen-bond acceptors (Lipinski definition) is 3. The molecule has 1 aromatic rings. The van der Waals surface area contributed by atoms with Gasteiger partial charge >= 0.3 is 0 Å². The molecule has 0 spiro atoms. The largest absolute Gasteiger partial charge is 0.507 e. The van der Waals surface area contributed by atoms with Crippen molar-refractivity contribution < 1.29 is 9.84 Å². The molecule has 1 aromatic carbocycles. The van der Waals surface area contributed by atoms with Crippen LogP contribution in [0.25, 0.3) is 0 Å². The van der Waals surface area contributed by atoms with Crippen LogP contribution in [0, 0.1) is 0 Å². The number of hydrogen-bond donors (Lipinski definition) is 2. The van der Waals surface area contributed by atoms with Gasteiger partial charge in [0.05, 0.1) is 24.3 Å². The maximum absolute atomic E-state index is 9.76. The highest BCUT2D eigenvalue weighted by molar-refractivity contribution is 6.35. The fourth-order valence-corrected chi connectivity index (χ4v) is 2.28. The summed E-state index contributed by atoms with van der Waals surface area (Å²) in [5, 5.41) is 13.9. The lowest BCUT2D eigenvalue weighted by Crippen LogP contribution is -2.34. The van der Waals surface area contributed by atoms with Crippen molar-refractivity contribution in [1.82, 2.24) is 5.32 Å². The maximum Gasteiger partial charge on any atom is 0.123 e. The second kappa shape index (κ2) is 4.58. The number of benzene rings is 1. The minimum absolute atomic E-state index is 0.0662. The Bertz CT molecular complexity index is 341. The molecule has 0 amide bonds. The molecule has 1 atom stereocenters. The maximum atomic E-state index is 9.76. The normalized spacial score (nSPS) is 21.6. The van der Waals surface area contributed by atoms with Gasteiger partial charge in [-0.05, 0) is 12.1 Å². The minimum Gasteiger partial charge on any atom is -0.507 e. The third-order valence-electron chi connectivity index (χ3n) is 2.34. The lowest BCUT2D eigenvalue weighted by molar-refractivity contribution is 0.0761. The Morgan fingerprint density at radius 1 is 1.40 bits per heavy atom. The highest BCUT2D eigenvalue weighted by Crippen LogP contribution is 2.35. The number of nitrogens with one attached hydrogen (secondary N) is 1. The first-order chi connectivity index (χ1) is 7.18. The molecule has 1 heterocycles. The predicted octanol–water partition coefficient (Wildman–Crippen LogP) is 2.36. The molecule has 0 aliphatic carbocycles. The molecule has 0 saturated carbocycles. The molecule has 3 nitrogen and oxygen atoms in total. The van der Waals surface area contributed by atoms with Crippen molar-refractivity contribution in [2.45, 2.75) is 6.04 Å². The van der Waals surface area contributed by atoms with Crippen molar-refractivity contribution in [3.63, 3.8) is 0 Å². The third kappa shape index (κ3) is 2.37. The highest BCUT2D eigenvalue weighted by Gasteiger charge is 2.21. The molecular weight excluding hydrogens is 237 g/mol. The van der Waals surface area contributed by atoms with Crippen molar-refractivity contribution >= 4 is 23.2 Å². The van der Waals surface area contributed by atoms with Gasteiger partial charge in [-0.2, -0.15) is 0 Å². The van der Waals surface area contributed by atoms with Gasteiger partial charge < -0.3 is 15.2 Å². The molecule has 0 aromatic heterocycles. The number of phenols is 1. The SMILES string of the molecule is Oc1cc(Cl)cc(Cl)c1[C@H]1COCCN1. The molecule has 0 bridgehead atoms. The summed E-state index contributed by atoms with van der Waals surface area (Å²) in [4.78, 5) is 0. The summed E-state index contributed by atoms with van der Waals surface area (Å²) < 4.78 is 5.31. The molecule has 1 aliphatic rings. The van der Waals surface area contributed by atoms with Crippen LogP contribution in [0.3, 0.4) is 0 Å². The standard InChI is InChI=1S/C10H11Cl2NO2/c11-6-3-7(12)10(9(14)4-6)8-5-15-2-1-13-8/h3-4,8,13-14H,1-2,5H2/t8-/m1/s1. The molecule has 2 N–H and O–H groups in total. The second-order valence-electron chi connectivity index (χ2n) is 3.40. The zero-order valence-electron chi connectivity index (χ0n) is 7.96. The monoisotopic (exact) mass is 247 g/mol. The van der Waals surface area contributed by atoms with Crippen molar-refractivity contribution in [1.29, 1.82) is 0 Å². The summed E-state index contributed by atoms with van der Waals surface area (Å²) in [7, 11) is 0. The van der Waals surface area contributed by atoms with Gasteiger partial charge in [0.25, 0.3) is 0 Å². The van der Waals surface area contributed by atoms with Gasteiger partial charge in [-0.1, -0.05) is 23.2 Å².